The van der Waals surface area contributed by atoms with Gasteiger partial charge in [0, 0.05) is 13.0 Å². The third kappa shape index (κ3) is 2.73. The highest BCUT2D eigenvalue weighted by Gasteiger charge is 2.14. The quantitative estimate of drug-likeness (QED) is 0.762. The molecule has 0 saturated carbocycles. The molecular formula is C12H12BrClN6O. The Labute approximate surface area is 133 Å². The van der Waals surface area contributed by atoms with E-state index in [9.17, 15) is 0 Å². The van der Waals surface area contributed by atoms with Crippen molar-refractivity contribution in [2.24, 2.45) is 0 Å². The summed E-state index contributed by atoms with van der Waals surface area (Å²) in [6.07, 6.45) is 2.22. The number of rotatable bonds is 4. The van der Waals surface area contributed by atoms with E-state index in [1.807, 2.05) is 18.5 Å². The van der Waals surface area contributed by atoms with Crippen molar-refractivity contribution in [1.82, 2.24) is 30.2 Å². The molecule has 1 N–H and O–H groups in total. The Bertz CT molecular complexity index is 777. The zero-order valence-electron chi connectivity index (χ0n) is 11.4. The molecule has 0 fully saturated rings. The number of H-pyrrole nitrogens is 1. The van der Waals surface area contributed by atoms with Gasteiger partial charge >= 0.3 is 0 Å². The predicted octanol–water partition coefficient (Wildman–Crippen LogP) is 2.93. The van der Waals surface area contributed by atoms with Gasteiger partial charge in [-0.2, -0.15) is 10.2 Å². The first kappa shape index (κ1) is 14.3. The van der Waals surface area contributed by atoms with Crippen molar-refractivity contribution >= 4 is 27.5 Å². The van der Waals surface area contributed by atoms with E-state index in [0.717, 1.165) is 15.9 Å². The molecule has 21 heavy (non-hydrogen) atoms. The van der Waals surface area contributed by atoms with Crippen LogP contribution in [0.3, 0.4) is 0 Å². The van der Waals surface area contributed by atoms with Crippen LogP contribution in [0.1, 0.15) is 17.3 Å². The highest BCUT2D eigenvalue weighted by molar-refractivity contribution is 9.10. The van der Waals surface area contributed by atoms with E-state index in [4.69, 9.17) is 16.0 Å². The minimum atomic E-state index is 0.403. The van der Waals surface area contributed by atoms with Gasteiger partial charge < -0.3 is 4.42 Å². The van der Waals surface area contributed by atoms with Crippen LogP contribution in [0, 0.1) is 13.8 Å². The molecule has 0 radical (unpaired) electrons. The predicted molar refractivity (Wildman–Crippen MR) is 80.0 cm³/mol. The first-order valence-electron chi connectivity index (χ1n) is 6.27. The molecule has 0 aromatic carbocycles. The topological polar surface area (TPSA) is 85.4 Å². The number of aromatic nitrogens is 6. The average molecular weight is 372 g/mol. The van der Waals surface area contributed by atoms with Crippen molar-refractivity contribution in [2.45, 2.75) is 26.8 Å². The van der Waals surface area contributed by atoms with Crippen LogP contribution < -0.4 is 0 Å². The molecule has 0 unspecified atom stereocenters. The third-order valence-electron chi connectivity index (χ3n) is 3.10. The molecule has 0 aliphatic carbocycles. The molecule has 0 spiro atoms. The second-order valence-corrected chi connectivity index (χ2v) is 5.78. The van der Waals surface area contributed by atoms with Crippen molar-refractivity contribution < 1.29 is 4.42 Å². The number of nitrogens with zero attached hydrogens (tertiary/aromatic N) is 5. The molecule has 7 nitrogen and oxygen atoms in total. The molecule has 9 heteroatoms. The summed E-state index contributed by atoms with van der Waals surface area (Å²) in [6.45, 7) is 4.45. The lowest BCUT2D eigenvalue weighted by Crippen LogP contribution is -2.05. The smallest absolute Gasteiger partial charge is 0.266 e. The van der Waals surface area contributed by atoms with Gasteiger partial charge in [-0.05, 0) is 29.8 Å². The summed E-state index contributed by atoms with van der Waals surface area (Å²) >= 11 is 9.48. The first-order valence-corrected chi connectivity index (χ1v) is 7.44. The number of halogens is 2. The van der Waals surface area contributed by atoms with Crippen LogP contribution in [0.5, 0.6) is 0 Å². The maximum Gasteiger partial charge on any atom is 0.266 e. The zero-order valence-corrected chi connectivity index (χ0v) is 13.7. The fourth-order valence-electron chi connectivity index (χ4n) is 1.97. The molecule has 0 atom stereocenters. The van der Waals surface area contributed by atoms with Gasteiger partial charge in [0.2, 0.25) is 5.89 Å². The molecule has 0 aliphatic rings. The minimum absolute atomic E-state index is 0.403. The monoisotopic (exact) mass is 370 g/mol. The lowest BCUT2D eigenvalue weighted by molar-refractivity contribution is 0.470. The Balaban J connectivity index is 1.73. The first-order chi connectivity index (χ1) is 10.1. The average Bonchev–Trinajstić information content (AvgIpc) is 3.14. The molecule has 0 bridgehead atoms. The molecule has 110 valence electrons. The summed E-state index contributed by atoms with van der Waals surface area (Å²) in [7, 11) is 0. The van der Waals surface area contributed by atoms with Gasteiger partial charge in [-0.15, -0.1) is 10.2 Å². The van der Waals surface area contributed by atoms with E-state index < -0.39 is 0 Å². The Hall–Kier alpha value is -1.67. The fourth-order valence-corrected chi connectivity index (χ4v) is 2.47. The van der Waals surface area contributed by atoms with Gasteiger partial charge in [0.15, 0.2) is 0 Å². The summed E-state index contributed by atoms with van der Waals surface area (Å²) in [5, 5.41) is 19.8. The summed E-state index contributed by atoms with van der Waals surface area (Å²) in [4.78, 5) is 0. The maximum atomic E-state index is 6.12. The van der Waals surface area contributed by atoms with Crippen molar-refractivity contribution in [2.75, 3.05) is 0 Å². The lowest BCUT2D eigenvalue weighted by atomic mass is 10.4. The summed E-state index contributed by atoms with van der Waals surface area (Å²) < 4.78 is 8.23. The number of aryl methyl sites for hydroxylation is 3. The van der Waals surface area contributed by atoms with E-state index in [2.05, 4.69) is 41.4 Å². The highest BCUT2D eigenvalue weighted by Crippen LogP contribution is 2.24. The van der Waals surface area contributed by atoms with Gasteiger partial charge in [0.05, 0.1) is 27.1 Å². The van der Waals surface area contributed by atoms with Crippen molar-refractivity contribution in [3.63, 3.8) is 0 Å². The van der Waals surface area contributed by atoms with Gasteiger partial charge in [-0.25, -0.2) is 0 Å². The van der Waals surface area contributed by atoms with E-state index >= 15 is 0 Å². The SMILES string of the molecule is Cc1nn(CCc2nnc(-c3[nH]ncc3Br)o2)c(C)c1Cl. The van der Waals surface area contributed by atoms with Crippen LogP contribution in [0.15, 0.2) is 15.1 Å². The number of nitrogens with one attached hydrogen (secondary N) is 1. The molecule has 0 aliphatic heterocycles. The second kappa shape index (κ2) is 5.61. The molecule has 3 heterocycles. The standard InChI is InChI=1S/C12H12BrClN6O/c1-6-10(14)7(2)20(19-6)4-3-9-16-18-12(21-9)11-8(13)5-15-17-11/h5H,3-4H2,1-2H3,(H,15,17). The number of hydrogen-bond donors (Lipinski definition) is 1. The van der Waals surface area contributed by atoms with Gasteiger partial charge in [0.1, 0.15) is 5.69 Å². The van der Waals surface area contributed by atoms with Gasteiger partial charge in [-0.1, -0.05) is 11.6 Å². The summed E-state index contributed by atoms with van der Waals surface area (Å²) in [5.74, 6) is 0.941. The fraction of sp³-hybridized carbons (Fsp3) is 0.333. The zero-order chi connectivity index (χ0) is 15.0. The van der Waals surface area contributed by atoms with Crippen LogP contribution in [-0.2, 0) is 13.0 Å². The second-order valence-electron chi connectivity index (χ2n) is 4.55. The Morgan fingerprint density at radius 1 is 1.38 bits per heavy atom. The Kier molecular flexibility index (Phi) is 3.81. The van der Waals surface area contributed by atoms with Crippen LogP contribution in [-0.4, -0.2) is 30.2 Å². The molecular weight excluding hydrogens is 360 g/mol. The summed E-state index contributed by atoms with van der Waals surface area (Å²) in [6, 6.07) is 0. The summed E-state index contributed by atoms with van der Waals surface area (Å²) in [5.41, 5.74) is 2.43. The molecule has 0 amide bonds. The minimum Gasteiger partial charge on any atom is -0.419 e. The molecule has 3 aromatic heterocycles. The van der Waals surface area contributed by atoms with Crippen molar-refractivity contribution in [3.8, 4) is 11.6 Å². The highest BCUT2D eigenvalue weighted by atomic mass is 79.9. The van der Waals surface area contributed by atoms with Gasteiger partial charge in [0.25, 0.3) is 5.89 Å². The van der Waals surface area contributed by atoms with Crippen molar-refractivity contribution in [3.05, 3.63) is 33.0 Å². The normalized spacial score (nSPS) is 11.2. The Morgan fingerprint density at radius 3 is 2.81 bits per heavy atom. The van der Waals surface area contributed by atoms with Crippen molar-refractivity contribution in [1.29, 1.82) is 0 Å². The molecule has 3 rings (SSSR count). The number of hydrogen-bond acceptors (Lipinski definition) is 5. The van der Waals surface area contributed by atoms with E-state index in [1.165, 1.54) is 0 Å². The molecule has 0 saturated heterocycles. The van der Waals surface area contributed by atoms with Gasteiger partial charge in [-0.3, -0.25) is 9.78 Å². The van der Waals surface area contributed by atoms with E-state index in [0.29, 0.717) is 35.5 Å². The van der Waals surface area contributed by atoms with Crippen LogP contribution in [0.2, 0.25) is 5.02 Å². The van der Waals surface area contributed by atoms with E-state index in [1.54, 1.807) is 6.20 Å². The maximum absolute atomic E-state index is 6.12. The molecule has 3 aromatic rings. The van der Waals surface area contributed by atoms with Crippen LogP contribution >= 0.6 is 27.5 Å². The Morgan fingerprint density at radius 2 is 2.19 bits per heavy atom. The number of aromatic amines is 1. The van der Waals surface area contributed by atoms with Crippen LogP contribution in [0.25, 0.3) is 11.6 Å². The third-order valence-corrected chi connectivity index (χ3v) is 4.25. The lowest BCUT2D eigenvalue weighted by Gasteiger charge is -2.01. The largest absolute Gasteiger partial charge is 0.419 e. The van der Waals surface area contributed by atoms with Crippen LogP contribution in [0.4, 0.5) is 0 Å². The van der Waals surface area contributed by atoms with E-state index in [-0.39, 0.29) is 0 Å².